The molecule has 12 nitrogen and oxygen atoms in total. The van der Waals surface area contributed by atoms with Crippen molar-refractivity contribution in [3.63, 3.8) is 0 Å². The molecule has 0 aliphatic carbocycles. The maximum Gasteiger partial charge on any atom is 0.407 e. The van der Waals surface area contributed by atoms with Crippen LogP contribution in [-0.4, -0.2) is 62.0 Å². The number of alkyl carbamates (subject to hydrolysis) is 1. The molecule has 2 amide bonds. The van der Waals surface area contributed by atoms with Gasteiger partial charge in [0.15, 0.2) is 11.5 Å². The van der Waals surface area contributed by atoms with Crippen LogP contribution >= 0.6 is 0 Å². The number of carbonyl (C=O) groups excluding carboxylic acids is 2. The molecule has 2 aromatic rings. The number of carbonyl (C=O) groups is 2. The molecule has 0 bridgehead atoms. The van der Waals surface area contributed by atoms with Gasteiger partial charge in [0.05, 0.1) is 12.0 Å². The first-order chi connectivity index (χ1) is 17.9. The third-order valence-electron chi connectivity index (χ3n) is 5.52. The van der Waals surface area contributed by atoms with Crippen LogP contribution in [0.1, 0.15) is 39.2 Å². The van der Waals surface area contributed by atoms with Crippen molar-refractivity contribution in [1.82, 2.24) is 15.1 Å². The molecule has 38 heavy (non-hydrogen) atoms. The summed E-state index contributed by atoms with van der Waals surface area (Å²) in [5.41, 5.74) is 1.43. The highest BCUT2D eigenvalue weighted by Gasteiger charge is 2.36. The summed E-state index contributed by atoms with van der Waals surface area (Å²) in [4.78, 5) is 24.7. The Bertz CT molecular complexity index is 1230. The number of rotatable bonds is 11. The molecule has 0 unspecified atom stereocenters. The van der Waals surface area contributed by atoms with Gasteiger partial charge in [-0.15, -0.1) is 0 Å². The van der Waals surface area contributed by atoms with Crippen LogP contribution < -0.4 is 25.0 Å². The second-order valence-electron chi connectivity index (χ2n) is 9.48. The number of fused-ring (bicyclic) bond motifs is 1. The highest BCUT2D eigenvalue weighted by molar-refractivity contribution is 7.89. The van der Waals surface area contributed by atoms with Crippen LogP contribution in [0.3, 0.4) is 0 Å². The topological polar surface area (TPSA) is 153 Å². The lowest BCUT2D eigenvalue weighted by Gasteiger charge is -2.30. The number of amides is 2. The Balaban J connectivity index is 1.88. The first-order valence-electron chi connectivity index (χ1n) is 11.9. The molecule has 13 heteroatoms. The second-order valence-corrected chi connectivity index (χ2v) is 11.4. The molecule has 0 spiro atoms. The van der Waals surface area contributed by atoms with Gasteiger partial charge < -0.3 is 24.3 Å². The molecule has 3 rings (SSSR count). The molecule has 0 radical (unpaired) electrons. The van der Waals surface area contributed by atoms with E-state index >= 15 is 0 Å². The molecule has 1 aliphatic heterocycles. The Morgan fingerprint density at radius 2 is 1.79 bits per heavy atom. The molecule has 2 aromatic carbocycles. The molecule has 0 aromatic heterocycles. The minimum Gasteiger partial charge on any atom is -0.497 e. The summed E-state index contributed by atoms with van der Waals surface area (Å²) in [6, 6.07) is 9.39. The number of sulfonamides is 1. The number of methoxy groups -OCH3 is 1. The van der Waals surface area contributed by atoms with Crippen LogP contribution in [0.5, 0.6) is 17.2 Å². The van der Waals surface area contributed by atoms with Crippen molar-refractivity contribution in [3.8, 4) is 17.2 Å². The average molecular weight is 552 g/mol. The summed E-state index contributed by atoms with van der Waals surface area (Å²) >= 11 is 0. The smallest absolute Gasteiger partial charge is 0.407 e. The Kier molecular flexibility index (Phi) is 9.41. The standard InChI is InChI=1S/C25H33N3O9S/c1-25(2,3)37-24(30)26-13-5-6-20(23(29)27-31)28(15-17-7-12-21-22(14-17)36-16-35-21)38(32,33)19-10-8-18(34-4)9-11-19/h7-12,14,20,31H,5-6,13,15-16H2,1-4H3,(H,26,30)(H,27,29)/t20-/m1/s1. The Morgan fingerprint density at radius 3 is 2.42 bits per heavy atom. The van der Waals surface area contributed by atoms with E-state index in [4.69, 9.17) is 18.9 Å². The number of benzene rings is 2. The summed E-state index contributed by atoms with van der Waals surface area (Å²) in [6.07, 6.45) is -0.432. The number of hydrogen-bond acceptors (Lipinski definition) is 9. The summed E-state index contributed by atoms with van der Waals surface area (Å²) in [5.74, 6) is 0.523. The van der Waals surface area contributed by atoms with E-state index in [0.717, 1.165) is 4.31 Å². The van der Waals surface area contributed by atoms with Crippen LogP contribution in [0.25, 0.3) is 0 Å². The molecule has 1 heterocycles. The minimum absolute atomic E-state index is 0.0118. The number of hydroxylamine groups is 1. The maximum absolute atomic E-state index is 13.8. The van der Waals surface area contributed by atoms with Gasteiger partial charge in [0, 0.05) is 13.1 Å². The van der Waals surface area contributed by atoms with E-state index in [0.29, 0.717) is 22.8 Å². The highest BCUT2D eigenvalue weighted by atomic mass is 32.2. The first kappa shape index (κ1) is 29.0. The largest absolute Gasteiger partial charge is 0.497 e. The van der Waals surface area contributed by atoms with E-state index in [1.165, 1.54) is 31.4 Å². The monoisotopic (exact) mass is 551 g/mol. The van der Waals surface area contributed by atoms with E-state index < -0.39 is 33.7 Å². The lowest BCUT2D eigenvalue weighted by Crippen LogP contribution is -2.48. The van der Waals surface area contributed by atoms with Gasteiger partial charge in [-0.25, -0.2) is 18.7 Å². The number of nitrogens with zero attached hydrogens (tertiary/aromatic N) is 1. The van der Waals surface area contributed by atoms with Gasteiger partial charge in [0.25, 0.3) is 5.91 Å². The maximum atomic E-state index is 13.8. The quantitative estimate of drug-likeness (QED) is 0.217. The SMILES string of the molecule is COc1ccc(S(=O)(=O)N(Cc2ccc3c(c2)OCO3)[C@H](CCCNC(=O)OC(C)(C)C)C(=O)NO)cc1. The summed E-state index contributed by atoms with van der Waals surface area (Å²) in [5, 5.41) is 12.0. The van der Waals surface area contributed by atoms with Crippen molar-refractivity contribution in [2.24, 2.45) is 0 Å². The third kappa shape index (κ3) is 7.49. The van der Waals surface area contributed by atoms with Crippen molar-refractivity contribution in [2.45, 2.75) is 56.7 Å². The molecule has 208 valence electrons. The van der Waals surface area contributed by atoms with Crippen LogP contribution in [0, 0.1) is 0 Å². The fourth-order valence-electron chi connectivity index (χ4n) is 3.75. The van der Waals surface area contributed by atoms with Gasteiger partial charge >= 0.3 is 6.09 Å². The number of nitrogens with one attached hydrogen (secondary N) is 2. The Labute approximate surface area is 221 Å². The summed E-state index contributed by atoms with van der Waals surface area (Å²) in [7, 11) is -2.79. The molecule has 0 saturated carbocycles. The normalized spacial score (nSPS) is 13.6. The lowest BCUT2D eigenvalue weighted by molar-refractivity contribution is -0.133. The number of hydrogen-bond donors (Lipinski definition) is 3. The van der Waals surface area contributed by atoms with Crippen LogP contribution in [0.15, 0.2) is 47.4 Å². The Hall–Kier alpha value is -3.55. The van der Waals surface area contributed by atoms with Gasteiger partial charge in [-0.1, -0.05) is 6.07 Å². The molecular formula is C25H33N3O9S. The van der Waals surface area contributed by atoms with E-state index in [9.17, 15) is 23.2 Å². The molecule has 3 N–H and O–H groups in total. The Morgan fingerprint density at radius 1 is 1.11 bits per heavy atom. The lowest BCUT2D eigenvalue weighted by atomic mass is 10.1. The fraction of sp³-hybridized carbons (Fsp3) is 0.440. The molecule has 1 aliphatic rings. The molecular weight excluding hydrogens is 518 g/mol. The van der Waals surface area contributed by atoms with E-state index in [2.05, 4.69) is 5.32 Å². The third-order valence-corrected chi connectivity index (χ3v) is 7.39. The zero-order chi connectivity index (χ0) is 27.9. The van der Waals surface area contributed by atoms with Gasteiger partial charge in [-0.05, 0) is 75.6 Å². The zero-order valence-electron chi connectivity index (χ0n) is 21.7. The zero-order valence-corrected chi connectivity index (χ0v) is 22.5. The van der Waals surface area contributed by atoms with E-state index in [1.807, 2.05) is 0 Å². The van der Waals surface area contributed by atoms with Gasteiger partial charge in [-0.2, -0.15) is 4.31 Å². The highest BCUT2D eigenvalue weighted by Crippen LogP contribution is 2.34. The fourth-order valence-corrected chi connectivity index (χ4v) is 5.35. The van der Waals surface area contributed by atoms with Gasteiger partial charge in [0.2, 0.25) is 16.8 Å². The predicted molar refractivity (Wildman–Crippen MR) is 135 cm³/mol. The summed E-state index contributed by atoms with van der Waals surface area (Å²) in [6.45, 7) is 5.14. The molecule has 0 saturated heterocycles. The van der Waals surface area contributed by atoms with Crippen molar-refractivity contribution in [2.75, 3.05) is 20.4 Å². The van der Waals surface area contributed by atoms with Crippen LogP contribution in [-0.2, 0) is 26.1 Å². The van der Waals surface area contributed by atoms with Crippen molar-refractivity contribution >= 4 is 22.0 Å². The first-order valence-corrected chi connectivity index (χ1v) is 13.3. The van der Waals surface area contributed by atoms with Gasteiger partial charge in [-0.3, -0.25) is 10.0 Å². The minimum atomic E-state index is -4.25. The average Bonchev–Trinajstić information content (AvgIpc) is 3.34. The van der Waals surface area contributed by atoms with Gasteiger partial charge in [0.1, 0.15) is 17.4 Å². The summed E-state index contributed by atoms with van der Waals surface area (Å²) < 4.78 is 49.7. The second kappa shape index (κ2) is 12.3. The van der Waals surface area contributed by atoms with Crippen molar-refractivity contribution in [1.29, 1.82) is 0 Å². The molecule has 0 fully saturated rings. The predicted octanol–water partition coefficient (Wildman–Crippen LogP) is 2.79. The van der Waals surface area contributed by atoms with Crippen molar-refractivity contribution in [3.05, 3.63) is 48.0 Å². The van der Waals surface area contributed by atoms with E-state index in [1.54, 1.807) is 44.5 Å². The number of ether oxygens (including phenoxy) is 4. The van der Waals surface area contributed by atoms with E-state index in [-0.39, 0.29) is 37.6 Å². The van der Waals surface area contributed by atoms with Crippen LogP contribution in [0.4, 0.5) is 4.79 Å². The molecule has 1 atom stereocenters. The van der Waals surface area contributed by atoms with Crippen LogP contribution in [0.2, 0.25) is 0 Å². The van der Waals surface area contributed by atoms with Crippen molar-refractivity contribution < 1.29 is 42.2 Å².